The second-order valence-electron chi connectivity index (χ2n) is 12.3. The highest BCUT2D eigenvalue weighted by Gasteiger charge is 2.65. The van der Waals surface area contributed by atoms with Gasteiger partial charge in [0.15, 0.2) is 11.5 Å². The Kier molecular flexibility index (Phi) is 6.71. The van der Waals surface area contributed by atoms with Gasteiger partial charge < -0.3 is 40.7 Å². The van der Waals surface area contributed by atoms with Crippen molar-refractivity contribution in [2.75, 3.05) is 11.5 Å². The van der Waals surface area contributed by atoms with Gasteiger partial charge in [0.25, 0.3) is 5.56 Å². The van der Waals surface area contributed by atoms with Crippen LogP contribution in [0.5, 0.6) is 0 Å². The summed E-state index contributed by atoms with van der Waals surface area (Å²) in [6.45, 7) is 2.10. The molecule has 2 amide bonds. The van der Waals surface area contributed by atoms with Gasteiger partial charge in [-0.15, -0.1) is 0 Å². The summed E-state index contributed by atoms with van der Waals surface area (Å²) in [5.41, 5.74) is -3.89. The number of rotatable bonds is 4. The van der Waals surface area contributed by atoms with Crippen LogP contribution in [0.2, 0.25) is 0 Å². The van der Waals surface area contributed by atoms with Crippen molar-refractivity contribution in [3.63, 3.8) is 0 Å². The molecular weight excluding hydrogens is 590 g/mol. The fourth-order valence-corrected chi connectivity index (χ4v) is 7.35. The Bertz CT molecular complexity index is 1780. The highest BCUT2D eigenvalue weighted by Crippen LogP contribution is 2.53. The number of amides is 2. The average molecular weight is 624 g/mol. The molecule has 2 saturated heterocycles. The molecule has 1 aromatic heterocycles. The number of carbonyl (C=O) groups is 2. The van der Waals surface area contributed by atoms with Crippen molar-refractivity contribution in [1.82, 2.24) is 19.8 Å². The number of benzene rings is 2. The third kappa shape index (κ3) is 4.06. The number of hydrogen-bond donors (Lipinski definition) is 7. The highest BCUT2D eigenvalue weighted by molar-refractivity contribution is 6.02. The third-order valence-corrected chi connectivity index (χ3v) is 9.52. The molecule has 15 nitrogen and oxygen atoms in total. The van der Waals surface area contributed by atoms with Gasteiger partial charge in [-0.25, -0.2) is 9.88 Å². The van der Waals surface area contributed by atoms with Crippen LogP contribution in [0.25, 0.3) is 10.9 Å². The van der Waals surface area contributed by atoms with E-state index in [2.05, 4.69) is 10.3 Å². The normalized spacial score (nSPS) is 37.8. The van der Waals surface area contributed by atoms with E-state index in [1.165, 1.54) is 29.7 Å². The molecule has 2 aromatic carbocycles. The van der Waals surface area contributed by atoms with Crippen molar-refractivity contribution < 1.29 is 45.0 Å². The Hall–Kier alpha value is -3.80. The smallest absolute Gasteiger partial charge is 0.262 e. The molecule has 0 spiro atoms. The van der Waals surface area contributed by atoms with Gasteiger partial charge >= 0.3 is 0 Å². The van der Waals surface area contributed by atoms with Crippen LogP contribution >= 0.6 is 0 Å². The first-order chi connectivity index (χ1) is 21.3. The molecule has 4 aliphatic rings. The maximum Gasteiger partial charge on any atom is 0.262 e. The van der Waals surface area contributed by atoms with Gasteiger partial charge in [0.1, 0.15) is 48.5 Å². The monoisotopic (exact) mass is 623 g/mol. The van der Waals surface area contributed by atoms with E-state index in [9.17, 15) is 45.0 Å². The highest BCUT2D eigenvalue weighted by atomic mass is 16.6. The van der Waals surface area contributed by atoms with Crippen molar-refractivity contribution in [2.45, 2.75) is 80.5 Å². The van der Waals surface area contributed by atoms with Crippen molar-refractivity contribution in [3.8, 4) is 0 Å². The topological polar surface area (TPSA) is 218 Å². The number of nitrogens with one attached hydrogen (secondary N) is 1. The van der Waals surface area contributed by atoms with E-state index in [-0.39, 0.29) is 16.8 Å². The molecule has 0 unspecified atom stereocenters. The summed E-state index contributed by atoms with van der Waals surface area (Å²) in [5, 5.41) is 68.5. The second-order valence-corrected chi connectivity index (χ2v) is 12.3. The van der Waals surface area contributed by atoms with Gasteiger partial charge in [0, 0.05) is 12.0 Å². The van der Waals surface area contributed by atoms with Gasteiger partial charge in [-0.1, -0.05) is 30.3 Å². The molecule has 7 N–H and O–H groups in total. The number of aliphatic hydroxyl groups is 6. The number of para-hydroxylation sites is 2. The number of aromatic nitrogens is 2. The number of fused-ring (bicyclic) bond motifs is 5. The quantitative estimate of drug-likeness (QED) is 0.163. The Morgan fingerprint density at radius 1 is 0.978 bits per heavy atom. The van der Waals surface area contributed by atoms with Crippen LogP contribution in [0, 0.1) is 0 Å². The van der Waals surface area contributed by atoms with Gasteiger partial charge in [0.05, 0.1) is 29.2 Å². The lowest BCUT2D eigenvalue weighted by atomic mass is 9.84. The van der Waals surface area contributed by atoms with Crippen LogP contribution in [0.15, 0.2) is 53.3 Å². The van der Waals surface area contributed by atoms with Crippen LogP contribution in [0.1, 0.15) is 37.7 Å². The molecule has 45 heavy (non-hydrogen) atoms. The molecule has 2 fully saturated rings. The number of hydrogen-bond acceptors (Lipinski definition) is 12. The predicted octanol–water partition coefficient (Wildman–Crippen LogP) is -2.31. The molecule has 0 saturated carbocycles. The Balaban J connectivity index is 1.39. The number of nitrogens with zero attached hydrogens (tertiary/aromatic N) is 4. The van der Waals surface area contributed by atoms with Gasteiger partial charge in [0.2, 0.25) is 11.8 Å². The zero-order chi connectivity index (χ0) is 32.2. The summed E-state index contributed by atoms with van der Waals surface area (Å²) in [6.07, 6.45) is -9.79. The lowest BCUT2D eigenvalue weighted by molar-refractivity contribution is -0.277. The summed E-state index contributed by atoms with van der Waals surface area (Å²) < 4.78 is 6.90. The first-order valence-electron chi connectivity index (χ1n) is 14.6. The lowest BCUT2D eigenvalue weighted by Crippen LogP contribution is -2.67. The summed E-state index contributed by atoms with van der Waals surface area (Å²) in [6, 6.07) is 10.5. The zero-order valence-corrected chi connectivity index (χ0v) is 24.3. The van der Waals surface area contributed by atoms with E-state index in [1.54, 1.807) is 42.5 Å². The summed E-state index contributed by atoms with van der Waals surface area (Å²) in [7, 11) is 0. The molecule has 0 aliphatic carbocycles. The maximum absolute atomic E-state index is 13.9. The molecule has 7 rings (SSSR count). The van der Waals surface area contributed by atoms with Crippen LogP contribution in [0.4, 0.5) is 5.69 Å². The van der Waals surface area contributed by atoms with Gasteiger partial charge in [-0.05, 0) is 32.0 Å². The molecule has 238 valence electrons. The Labute approximate surface area is 255 Å². The van der Waals surface area contributed by atoms with E-state index in [1.807, 2.05) is 0 Å². The van der Waals surface area contributed by atoms with E-state index in [4.69, 9.17) is 4.74 Å². The molecule has 15 heteroatoms. The van der Waals surface area contributed by atoms with Crippen molar-refractivity contribution in [3.05, 3.63) is 70.3 Å². The molecular formula is C30H33N5O10. The maximum atomic E-state index is 13.9. The standard InChI is InChI=1S/C30H33N5O10/c1-13-24(41)35-17-10-6-4-8-15(17)30(44,28(35)33(13)26-22(39)21(38)20(37)19(12-36)45-26)11-18-23(40)32-29(2,43)27-31-16-9-5-3-7-14(16)25(42)34(18)27/h3-10,13,18-22,26,28,36-39,43-44H,11-12H2,1-2H3,(H,32,40)/t13-,18+,19+,20+,21-,22+,26+,28-,29+,30-/m0/s1. The number of aliphatic hydroxyl groups excluding tert-OH is 4. The Morgan fingerprint density at radius 3 is 2.40 bits per heavy atom. The minimum Gasteiger partial charge on any atom is -0.394 e. The van der Waals surface area contributed by atoms with Crippen molar-refractivity contribution >= 4 is 28.4 Å². The van der Waals surface area contributed by atoms with Crippen molar-refractivity contribution in [1.29, 1.82) is 0 Å². The van der Waals surface area contributed by atoms with E-state index in [0.29, 0.717) is 11.2 Å². The zero-order valence-electron chi connectivity index (χ0n) is 24.3. The number of carbonyl (C=O) groups excluding carboxylic acids is 2. The van der Waals surface area contributed by atoms with E-state index < -0.39 is 90.6 Å². The first-order valence-corrected chi connectivity index (χ1v) is 14.6. The molecule has 5 heterocycles. The van der Waals surface area contributed by atoms with Gasteiger partial charge in [-0.3, -0.25) is 23.9 Å². The van der Waals surface area contributed by atoms with E-state index in [0.717, 1.165) is 4.57 Å². The minimum atomic E-state index is -2.11. The fraction of sp³-hybridized carbons (Fsp3) is 0.467. The average Bonchev–Trinajstić information content (AvgIpc) is 3.42. The van der Waals surface area contributed by atoms with Crippen LogP contribution < -0.4 is 15.8 Å². The van der Waals surface area contributed by atoms with Crippen molar-refractivity contribution in [2.24, 2.45) is 0 Å². The second kappa shape index (κ2) is 10.1. The summed E-state index contributed by atoms with van der Waals surface area (Å²) in [4.78, 5) is 48.6. The fourth-order valence-electron chi connectivity index (χ4n) is 7.35. The summed E-state index contributed by atoms with van der Waals surface area (Å²) in [5.74, 6) is -1.42. The largest absolute Gasteiger partial charge is 0.394 e. The van der Waals surface area contributed by atoms with Gasteiger partial charge in [-0.2, -0.15) is 0 Å². The molecule has 4 aliphatic heterocycles. The summed E-state index contributed by atoms with van der Waals surface area (Å²) >= 11 is 0. The first kappa shape index (κ1) is 29.9. The lowest BCUT2D eigenvalue weighted by Gasteiger charge is -2.48. The number of ether oxygens (including phenoxy) is 1. The predicted molar refractivity (Wildman–Crippen MR) is 154 cm³/mol. The Morgan fingerprint density at radius 2 is 1.67 bits per heavy atom. The number of anilines is 1. The third-order valence-electron chi connectivity index (χ3n) is 9.52. The SMILES string of the molecule is C[C@H]1C(=O)N2c3ccccc3[C@@](O)(C[C@@H]3C(=O)N[C@](C)(O)c4nc5ccccc5c(=O)n43)[C@H]2N1[C@@H]1O[C@H](CO)[C@@H](O)[C@H](O)[C@H]1O. The molecule has 10 atom stereocenters. The minimum absolute atomic E-state index is 0.149. The molecule has 0 radical (unpaired) electrons. The van der Waals surface area contributed by atoms with Crippen LogP contribution in [0.3, 0.4) is 0 Å². The van der Waals surface area contributed by atoms with E-state index >= 15 is 0 Å². The van der Waals surface area contributed by atoms with Crippen LogP contribution in [-0.2, 0) is 25.7 Å². The van der Waals surface area contributed by atoms with Crippen LogP contribution in [-0.4, -0.2) is 106 Å². The molecule has 3 aromatic rings. The molecule has 0 bridgehead atoms.